The van der Waals surface area contributed by atoms with E-state index in [1.165, 1.54) is 11.1 Å². The Labute approximate surface area is 96.6 Å². The van der Waals surface area contributed by atoms with Gasteiger partial charge in [-0.15, -0.1) is 0 Å². The van der Waals surface area contributed by atoms with Gasteiger partial charge in [0.2, 0.25) is 0 Å². The van der Waals surface area contributed by atoms with Gasteiger partial charge in [0.15, 0.2) is 5.78 Å². The summed E-state index contributed by atoms with van der Waals surface area (Å²) >= 11 is 0. The first-order chi connectivity index (χ1) is 7.68. The minimum atomic E-state index is -0.584. The van der Waals surface area contributed by atoms with E-state index in [0.29, 0.717) is 6.61 Å². The maximum Gasteiger partial charge on any atom is 0.162 e. The van der Waals surface area contributed by atoms with Crippen molar-refractivity contribution in [2.24, 2.45) is 0 Å². The third kappa shape index (κ3) is 1.90. The van der Waals surface area contributed by atoms with Crippen molar-refractivity contribution in [3.8, 4) is 0 Å². The lowest BCUT2D eigenvalue weighted by Gasteiger charge is -2.26. The largest absolute Gasteiger partial charge is 0.367 e. The summed E-state index contributed by atoms with van der Waals surface area (Å²) < 4.78 is 5.83. The Morgan fingerprint density at radius 2 is 1.88 bits per heavy atom. The minimum absolute atomic E-state index is 0.150. The van der Waals surface area contributed by atoms with Gasteiger partial charge in [0.05, 0.1) is 0 Å². The number of hydrogen-bond donors (Lipinski definition) is 0. The first-order valence-electron chi connectivity index (χ1n) is 5.90. The fraction of sp³-hybridized carbons (Fsp3) is 0.500. The summed E-state index contributed by atoms with van der Waals surface area (Å²) in [5.41, 5.74) is 1.93. The lowest BCUT2D eigenvalue weighted by Crippen LogP contribution is -2.41. The van der Waals surface area contributed by atoms with Crippen molar-refractivity contribution in [3.63, 3.8) is 0 Å². The first kappa shape index (κ1) is 11.3. The molecule has 0 aromatic heterocycles. The van der Waals surface area contributed by atoms with E-state index < -0.39 is 5.60 Å². The fourth-order valence-corrected chi connectivity index (χ4v) is 2.33. The van der Waals surface area contributed by atoms with Gasteiger partial charge in [-0.2, -0.15) is 0 Å². The fourth-order valence-electron chi connectivity index (χ4n) is 2.33. The number of hydrogen-bond acceptors (Lipinski definition) is 2. The van der Waals surface area contributed by atoms with Crippen LogP contribution in [0.5, 0.6) is 0 Å². The third-order valence-corrected chi connectivity index (χ3v) is 3.29. The topological polar surface area (TPSA) is 26.3 Å². The highest BCUT2D eigenvalue weighted by Crippen LogP contribution is 2.33. The highest BCUT2D eigenvalue weighted by Gasteiger charge is 2.42. The van der Waals surface area contributed by atoms with Crippen LogP contribution in [0.1, 0.15) is 31.4 Å². The van der Waals surface area contributed by atoms with Gasteiger partial charge in [-0.1, -0.05) is 31.2 Å². The molecule has 0 unspecified atom stereocenters. The average molecular weight is 218 g/mol. The Balaban J connectivity index is 2.24. The van der Waals surface area contributed by atoms with Crippen LogP contribution in [0.15, 0.2) is 24.3 Å². The molecule has 2 heteroatoms. The molecule has 0 saturated carbocycles. The number of rotatable bonds is 4. The van der Waals surface area contributed by atoms with Gasteiger partial charge < -0.3 is 4.74 Å². The van der Waals surface area contributed by atoms with E-state index in [1.807, 2.05) is 12.1 Å². The quantitative estimate of drug-likeness (QED) is 0.776. The summed E-state index contributed by atoms with van der Waals surface area (Å²) in [5, 5.41) is 0. The SMILES string of the molecule is CCCOC1(C(C)=O)Cc2ccccc2C1. The highest BCUT2D eigenvalue weighted by atomic mass is 16.5. The van der Waals surface area contributed by atoms with Crippen LogP contribution < -0.4 is 0 Å². The molecule has 1 aliphatic carbocycles. The second kappa shape index (κ2) is 4.38. The van der Waals surface area contributed by atoms with Crippen LogP contribution >= 0.6 is 0 Å². The molecular weight excluding hydrogens is 200 g/mol. The monoisotopic (exact) mass is 218 g/mol. The van der Waals surface area contributed by atoms with Gasteiger partial charge >= 0.3 is 0 Å². The Morgan fingerprint density at radius 1 is 1.31 bits per heavy atom. The Morgan fingerprint density at radius 3 is 2.31 bits per heavy atom. The molecule has 0 N–H and O–H groups in total. The van der Waals surface area contributed by atoms with E-state index in [4.69, 9.17) is 4.74 Å². The molecule has 0 amide bonds. The van der Waals surface area contributed by atoms with E-state index in [1.54, 1.807) is 6.92 Å². The molecular formula is C14H18O2. The van der Waals surface area contributed by atoms with Crippen molar-refractivity contribution in [1.82, 2.24) is 0 Å². The minimum Gasteiger partial charge on any atom is -0.367 e. The maximum absolute atomic E-state index is 11.8. The lowest BCUT2D eigenvalue weighted by molar-refractivity contribution is -0.141. The van der Waals surface area contributed by atoms with Crippen molar-refractivity contribution >= 4 is 5.78 Å². The van der Waals surface area contributed by atoms with E-state index >= 15 is 0 Å². The zero-order valence-electron chi connectivity index (χ0n) is 9.95. The van der Waals surface area contributed by atoms with Crippen LogP contribution in [0.25, 0.3) is 0 Å². The Kier molecular flexibility index (Phi) is 3.10. The third-order valence-electron chi connectivity index (χ3n) is 3.29. The maximum atomic E-state index is 11.8. The van der Waals surface area contributed by atoms with Gasteiger partial charge in [0, 0.05) is 19.4 Å². The molecule has 86 valence electrons. The summed E-state index contributed by atoms with van der Waals surface area (Å²) in [6, 6.07) is 8.23. The van der Waals surface area contributed by atoms with E-state index in [-0.39, 0.29) is 5.78 Å². The van der Waals surface area contributed by atoms with E-state index in [0.717, 1.165) is 19.3 Å². The summed E-state index contributed by atoms with van der Waals surface area (Å²) in [5.74, 6) is 0.150. The molecule has 0 heterocycles. The van der Waals surface area contributed by atoms with E-state index in [2.05, 4.69) is 19.1 Å². The molecule has 0 radical (unpaired) electrons. The van der Waals surface area contributed by atoms with Gasteiger partial charge in [0.25, 0.3) is 0 Å². The highest BCUT2D eigenvalue weighted by molar-refractivity contribution is 5.86. The standard InChI is InChI=1S/C14H18O2/c1-3-8-16-14(11(2)15)9-12-6-4-5-7-13(12)10-14/h4-7H,3,8-10H2,1-2H3. The molecule has 2 rings (SSSR count). The lowest BCUT2D eigenvalue weighted by atomic mass is 9.95. The number of carbonyl (C=O) groups is 1. The second-order valence-electron chi connectivity index (χ2n) is 4.52. The van der Waals surface area contributed by atoms with Crippen molar-refractivity contribution < 1.29 is 9.53 Å². The van der Waals surface area contributed by atoms with Gasteiger partial charge in [-0.05, 0) is 24.5 Å². The van der Waals surface area contributed by atoms with Crippen LogP contribution in [0, 0.1) is 0 Å². The van der Waals surface area contributed by atoms with Crippen molar-refractivity contribution in [3.05, 3.63) is 35.4 Å². The van der Waals surface area contributed by atoms with Crippen LogP contribution in [0.3, 0.4) is 0 Å². The van der Waals surface area contributed by atoms with Crippen molar-refractivity contribution in [2.45, 2.75) is 38.7 Å². The van der Waals surface area contributed by atoms with Crippen molar-refractivity contribution in [2.75, 3.05) is 6.61 Å². The van der Waals surface area contributed by atoms with Crippen LogP contribution in [0.2, 0.25) is 0 Å². The molecule has 1 aliphatic rings. The predicted molar refractivity (Wildman–Crippen MR) is 63.5 cm³/mol. The number of Topliss-reactive ketones (excluding diaryl/α,β-unsaturated/α-hetero) is 1. The molecule has 1 aromatic carbocycles. The van der Waals surface area contributed by atoms with Gasteiger partial charge in [0.1, 0.15) is 5.60 Å². The van der Waals surface area contributed by atoms with Crippen molar-refractivity contribution in [1.29, 1.82) is 0 Å². The van der Waals surface area contributed by atoms with E-state index in [9.17, 15) is 4.79 Å². The number of ether oxygens (including phenoxy) is 1. The summed E-state index contributed by atoms with van der Waals surface area (Å²) in [6.45, 7) is 4.37. The average Bonchev–Trinajstić information content (AvgIpc) is 2.66. The molecule has 0 bridgehead atoms. The molecule has 0 spiro atoms. The smallest absolute Gasteiger partial charge is 0.162 e. The molecule has 1 aromatic rings. The molecule has 0 aliphatic heterocycles. The summed E-state index contributed by atoms with van der Waals surface area (Å²) in [6.07, 6.45) is 2.42. The number of ketones is 1. The molecule has 0 saturated heterocycles. The Bertz CT molecular complexity index is 370. The van der Waals surface area contributed by atoms with Crippen LogP contribution in [-0.2, 0) is 22.4 Å². The second-order valence-corrected chi connectivity index (χ2v) is 4.52. The number of carbonyl (C=O) groups excluding carboxylic acids is 1. The van der Waals surface area contributed by atoms with Gasteiger partial charge in [-0.3, -0.25) is 4.79 Å². The van der Waals surface area contributed by atoms with Crippen LogP contribution in [-0.4, -0.2) is 18.0 Å². The molecule has 0 atom stereocenters. The number of fused-ring (bicyclic) bond motifs is 1. The predicted octanol–water partition coefficient (Wildman–Crippen LogP) is 2.54. The summed E-state index contributed by atoms with van der Waals surface area (Å²) in [4.78, 5) is 11.8. The normalized spacial score (nSPS) is 17.1. The zero-order valence-corrected chi connectivity index (χ0v) is 9.95. The van der Waals surface area contributed by atoms with Gasteiger partial charge in [-0.25, -0.2) is 0 Å². The Hall–Kier alpha value is -1.15. The first-order valence-corrected chi connectivity index (χ1v) is 5.90. The molecule has 2 nitrogen and oxygen atoms in total. The number of benzene rings is 1. The molecule has 0 fully saturated rings. The summed E-state index contributed by atoms with van der Waals surface area (Å²) in [7, 11) is 0. The van der Waals surface area contributed by atoms with Crippen LogP contribution in [0.4, 0.5) is 0 Å². The molecule has 16 heavy (non-hydrogen) atoms. The zero-order chi connectivity index (χ0) is 11.6.